The highest BCUT2D eigenvalue weighted by Crippen LogP contribution is 2.06. The fourth-order valence-corrected chi connectivity index (χ4v) is 1.52. The van der Waals surface area contributed by atoms with Crippen LogP contribution in [-0.2, 0) is 28.5 Å². The lowest BCUT2D eigenvalue weighted by Gasteiger charge is -2.07. The van der Waals surface area contributed by atoms with Crippen LogP contribution < -0.4 is 0 Å². The van der Waals surface area contributed by atoms with Gasteiger partial charge in [-0.15, -0.1) is 0 Å². The lowest BCUT2D eigenvalue weighted by atomic mass is 10.3. The van der Waals surface area contributed by atoms with E-state index in [-0.39, 0.29) is 35.7 Å². The van der Waals surface area contributed by atoms with E-state index in [0.29, 0.717) is 0 Å². The van der Waals surface area contributed by atoms with Crippen LogP contribution >= 0.6 is 0 Å². The standard InChI is InChI=1S/C17H17NO8/c1-10(14(19)23-3)8-25-16(21)12-6-5-7-13(18-12)17(22)26-9-11(2)15(20)24-4/h5-7H,1-2,8-9H2,3-4H3. The van der Waals surface area contributed by atoms with Crippen LogP contribution in [0.2, 0.25) is 0 Å². The molecule has 0 aliphatic heterocycles. The zero-order chi connectivity index (χ0) is 19.7. The van der Waals surface area contributed by atoms with Crippen molar-refractivity contribution in [3.63, 3.8) is 0 Å². The summed E-state index contributed by atoms with van der Waals surface area (Å²) in [4.78, 5) is 50.0. The summed E-state index contributed by atoms with van der Waals surface area (Å²) in [6.07, 6.45) is 0. The molecule has 9 heteroatoms. The number of methoxy groups -OCH3 is 2. The van der Waals surface area contributed by atoms with E-state index in [1.165, 1.54) is 32.4 Å². The minimum Gasteiger partial charge on any atom is -0.466 e. The second-order valence-corrected chi connectivity index (χ2v) is 4.75. The van der Waals surface area contributed by atoms with Crippen molar-refractivity contribution in [2.45, 2.75) is 0 Å². The Bertz CT molecular complexity index is 694. The molecule has 26 heavy (non-hydrogen) atoms. The summed E-state index contributed by atoms with van der Waals surface area (Å²) in [6, 6.07) is 4.02. The number of ether oxygens (including phenoxy) is 4. The minimum absolute atomic E-state index is 0.0577. The third-order valence-corrected chi connectivity index (χ3v) is 2.87. The molecule has 0 N–H and O–H groups in total. The highest BCUT2D eigenvalue weighted by molar-refractivity contribution is 5.93. The van der Waals surface area contributed by atoms with Gasteiger partial charge in [-0.3, -0.25) is 0 Å². The number of nitrogens with zero attached hydrogens (tertiary/aromatic N) is 1. The summed E-state index contributed by atoms with van der Waals surface area (Å²) in [7, 11) is 2.33. The van der Waals surface area contributed by atoms with Gasteiger partial charge in [-0.05, 0) is 12.1 Å². The first-order chi connectivity index (χ1) is 12.3. The second kappa shape index (κ2) is 9.72. The Kier molecular flexibility index (Phi) is 7.68. The maximum atomic E-state index is 11.9. The van der Waals surface area contributed by atoms with Crippen LogP contribution in [-0.4, -0.2) is 56.3 Å². The minimum atomic E-state index is -0.872. The molecule has 0 fully saturated rings. The lowest BCUT2D eigenvalue weighted by Crippen LogP contribution is -2.17. The zero-order valence-electron chi connectivity index (χ0n) is 14.3. The summed E-state index contributed by atoms with van der Waals surface area (Å²) in [5, 5.41) is 0. The van der Waals surface area contributed by atoms with Gasteiger partial charge in [0.25, 0.3) is 0 Å². The summed E-state index contributed by atoms with van der Waals surface area (Å²) in [5.41, 5.74) is -0.469. The smallest absolute Gasteiger partial charge is 0.357 e. The molecule has 1 heterocycles. The summed E-state index contributed by atoms with van der Waals surface area (Å²) in [5.74, 6) is -3.17. The first kappa shape index (κ1) is 20.6. The summed E-state index contributed by atoms with van der Waals surface area (Å²) in [6.45, 7) is 6.04. The molecule has 0 atom stereocenters. The quantitative estimate of drug-likeness (QED) is 0.376. The molecule has 0 radical (unpaired) electrons. The molecule has 1 rings (SSSR count). The largest absolute Gasteiger partial charge is 0.466 e. The third-order valence-electron chi connectivity index (χ3n) is 2.87. The Labute approximate surface area is 149 Å². The van der Waals surface area contributed by atoms with E-state index >= 15 is 0 Å². The number of pyridine rings is 1. The van der Waals surface area contributed by atoms with E-state index in [2.05, 4.69) is 27.6 Å². The average Bonchev–Trinajstić information content (AvgIpc) is 2.68. The first-order valence-corrected chi connectivity index (χ1v) is 7.13. The van der Waals surface area contributed by atoms with E-state index in [1.54, 1.807) is 0 Å². The molecule has 0 amide bonds. The van der Waals surface area contributed by atoms with E-state index in [0.717, 1.165) is 0 Å². The number of esters is 4. The van der Waals surface area contributed by atoms with Crippen LogP contribution in [0.1, 0.15) is 21.0 Å². The molecular formula is C17H17NO8. The summed E-state index contributed by atoms with van der Waals surface area (Å²) >= 11 is 0. The molecule has 138 valence electrons. The number of hydrogen-bond donors (Lipinski definition) is 0. The van der Waals surface area contributed by atoms with Crippen LogP contribution in [0.4, 0.5) is 0 Å². The maximum absolute atomic E-state index is 11.9. The molecule has 0 aromatic carbocycles. The van der Waals surface area contributed by atoms with Gasteiger partial charge in [0, 0.05) is 0 Å². The predicted octanol–water partition coefficient (Wildman–Crippen LogP) is 0.854. The Balaban J connectivity index is 2.69. The Morgan fingerprint density at radius 3 is 1.58 bits per heavy atom. The van der Waals surface area contributed by atoms with Crippen molar-refractivity contribution in [2.75, 3.05) is 27.4 Å². The third kappa shape index (κ3) is 5.86. The first-order valence-electron chi connectivity index (χ1n) is 7.13. The van der Waals surface area contributed by atoms with Gasteiger partial charge in [0.2, 0.25) is 0 Å². The van der Waals surface area contributed by atoms with Crippen molar-refractivity contribution in [3.05, 3.63) is 53.9 Å². The molecular weight excluding hydrogens is 346 g/mol. The predicted molar refractivity (Wildman–Crippen MR) is 87.1 cm³/mol. The van der Waals surface area contributed by atoms with Crippen LogP contribution in [0.25, 0.3) is 0 Å². The van der Waals surface area contributed by atoms with Gasteiger partial charge in [0.15, 0.2) is 0 Å². The van der Waals surface area contributed by atoms with Crippen molar-refractivity contribution in [1.82, 2.24) is 4.98 Å². The van der Waals surface area contributed by atoms with Gasteiger partial charge in [-0.2, -0.15) is 0 Å². The van der Waals surface area contributed by atoms with Crippen molar-refractivity contribution < 1.29 is 38.1 Å². The van der Waals surface area contributed by atoms with Gasteiger partial charge in [-0.1, -0.05) is 19.2 Å². The Morgan fingerprint density at radius 1 is 0.846 bits per heavy atom. The SMILES string of the molecule is C=C(COC(=O)c1cccc(C(=O)OCC(=C)C(=O)OC)n1)C(=O)OC. The average molecular weight is 363 g/mol. The van der Waals surface area contributed by atoms with Gasteiger partial charge < -0.3 is 18.9 Å². The highest BCUT2D eigenvalue weighted by atomic mass is 16.6. The van der Waals surface area contributed by atoms with E-state index in [1.807, 2.05) is 0 Å². The van der Waals surface area contributed by atoms with Crippen molar-refractivity contribution in [2.24, 2.45) is 0 Å². The highest BCUT2D eigenvalue weighted by Gasteiger charge is 2.17. The number of aromatic nitrogens is 1. The number of carbonyl (C=O) groups excluding carboxylic acids is 4. The van der Waals surface area contributed by atoms with Crippen LogP contribution in [0.5, 0.6) is 0 Å². The van der Waals surface area contributed by atoms with Crippen molar-refractivity contribution in [1.29, 1.82) is 0 Å². The fraction of sp³-hybridized carbons (Fsp3) is 0.235. The maximum Gasteiger partial charge on any atom is 0.357 e. The van der Waals surface area contributed by atoms with Crippen molar-refractivity contribution in [3.8, 4) is 0 Å². The van der Waals surface area contributed by atoms with Crippen LogP contribution in [0.3, 0.4) is 0 Å². The monoisotopic (exact) mass is 363 g/mol. The number of carbonyl (C=O) groups is 4. The molecule has 0 unspecified atom stereocenters. The van der Waals surface area contributed by atoms with Gasteiger partial charge in [0.05, 0.1) is 25.4 Å². The molecule has 0 saturated heterocycles. The molecule has 0 aliphatic rings. The van der Waals surface area contributed by atoms with Gasteiger partial charge >= 0.3 is 23.9 Å². The molecule has 0 spiro atoms. The zero-order valence-corrected chi connectivity index (χ0v) is 14.3. The molecule has 0 saturated carbocycles. The Morgan fingerprint density at radius 2 is 1.23 bits per heavy atom. The van der Waals surface area contributed by atoms with E-state index in [4.69, 9.17) is 9.47 Å². The number of rotatable bonds is 8. The van der Waals surface area contributed by atoms with E-state index < -0.39 is 23.9 Å². The normalized spacial score (nSPS) is 9.62. The van der Waals surface area contributed by atoms with Crippen molar-refractivity contribution >= 4 is 23.9 Å². The molecule has 0 bridgehead atoms. The molecule has 9 nitrogen and oxygen atoms in total. The lowest BCUT2D eigenvalue weighted by molar-refractivity contribution is -0.137. The van der Waals surface area contributed by atoms with Gasteiger partial charge in [0.1, 0.15) is 24.6 Å². The van der Waals surface area contributed by atoms with Gasteiger partial charge in [-0.25, -0.2) is 24.2 Å². The van der Waals surface area contributed by atoms with Crippen LogP contribution in [0.15, 0.2) is 42.5 Å². The van der Waals surface area contributed by atoms with E-state index in [9.17, 15) is 19.2 Å². The fourth-order valence-electron chi connectivity index (χ4n) is 1.52. The summed E-state index contributed by atoms with van der Waals surface area (Å²) < 4.78 is 18.6. The van der Waals surface area contributed by atoms with Crippen LogP contribution in [0, 0.1) is 0 Å². The number of hydrogen-bond acceptors (Lipinski definition) is 9. The molecule has 1 aromatic heterocycles. The molecule has 1 aromatic rings. The Hall–Kier alpha value is -3.49. The molecule has 0 aliphatic carbocycles. The second-order valence-electron chi connectivity index (χ2n) is 4.75. The topological polar surface area (TPSA) is 118 Å².